The minimum absolute atomic E-state index is 0.326. The van der Waals surface area contributed by atoms with Crippen molar-refractivity contribution < 1.29 is 19.1 Å². The van der Waals surface area contributed by atoms with E-state index in [1.165, 1.54) is 26.4 Å². The first kappa shape index (κ1) is 15.9. The second kappa shape index (κ2) is 6.29. The van der Waals surface area contributed by atoms with Crippen LogP contribution in [-0.2, 0) is 4.74 Å². The van der Waals surface area contributed by atoms with Crippen LogP contribution in [0.15, 0.2) is 47.3 Å². The average molecular weight is 343 g/mol. The highest BCUT2D eigenvalue weighted by Crippen LogP contribution is 2.21. The second-order valence-corrected chi connectivity index (χ2v) is 5.92. The number of ether oxygens (including phenoxy) is 2. The van der Waals surface area contributed by atoms with E-state index >= 15 is 0 Å². The zero-order valence-corrected chi connectivity index (χ0v) is 13.8. The summed E-state index contributed by atoms with van der Waals surface area (Å²) in [5.41, 5.74) is 0.252. The average Bonchev–Trinajstić information content (AvgIpc) is 2.96. The molecule has 0 amide bonds. The van der Waals surface area contributed by atoms with E-state index in [-0.39, 0.29) is 0 Å². The van der Waals surface area contributed by atoms with Crippen molar-refractivity contribution in [1.29, 1.82) is 0 Å². The molecule has 0 aliphatic heterocycles. The predicted molar refractivity (Wildman–Crippen MR) is 90.1 cm³/mol. The van der Waals surface area contributed by atoms with Crippen molar-refractivity contribution in [1.82, 2.24) is 3.96 Å². The molecule has 0 atom stereocenters. The van der Waals surface area contributed by atoms with Crippen molar-refractivity contribution in [2.24, 2.45) is 0 Å². The number of carbonyl (C=O) groups excluding carboxylic acids is 2. The Balaban J connectivity index is 2.09. The van der Waals surface area contributed by atoms with Gasteiger partial charge in [0.05, 0.1) is 29.9 Å². The van der Waals surface area contributed by atoms with Crippen LogP contribution in [0.3, 0.4) is 0 Å². The van der Waals surface area contributed by atoms with Crippen LogP contribution in [0.5, 0.6) is 5.75 Å². The quantitative estimate of drug-likeness (QED) is 0.683. The number of esters is 1. The Morgan fingerprint density at radius 3 is 2.54 bits per heavy atom. The summed E-state index contributed by atoms with van der Waals surface area (Å²) in [5, 5.41) is 0.379. The molecule has 0 saturated heterocycles. The maximum Gasteiger partial charge on any atom is 0.337 e. The minimum atomic E-state index is -0.497. The minimum Gasteiger partial charge on any atom is -0.497 e. The standard InChI is InChI=1S/C17H13NO5S/c1-22-12-5-3-4-10(8-12)15(19)18-16(20)13-7-6-11(17(21)23-2)9-14(13)24-18/h3-9H,1-2H3. The molecule has 24 heavy (non-hydrogen) atoms. The van der Waals surface area contributed by atoms with Crippen molar-refractivity contribution >= 4 is 33.5 Å². The lowest BCUT2D eigenvalue weighted by atomic mass is 10.2. The predicted octanol–water partition coefficient (Wildman–Crippen LogP) is 2.55. The normalized spacial score (nSPS) is 10.6. The van der Waals surface area contributed by atoms with Crippen LogP contribution in [0.25, 0.3) is 10.1 Å². The lowest BCUT2D eigenvalue weighted by molar-refractivity contribution is 0.0601. The number of hydrogen-bond acceptors (Lipinski definition) is 6. The van der Waals surface area contributed by atoms with Gasteiger partial charge in [0.15, 0.2) is 0 Å². The number of carbonyl (C=O) groups is 2. The van der Waals surface area contributed by atoms with Crippen LogP contribution in [0.4, 0.5) is 0 Å². The molecular formula is C17H13NO5S. The molecule has 1 heterocycles. The fraction of sp³-hybridized carbons (Fsp3) is 0.118. The van der Waals surface area contributed by atoms with Crippen molar-refractivity contribution in [3.05, 3.63) is 63.9 Å². The Kier molecular flexibility index (Phi) is 4.18. The molecule has 3 aromatic rings. The molecule has 6 nitrogen and oxygen atoms in total. The van der Waals surface area contributed by atoms with Crippen molar-refractivity contribution in [3.8, 4) is 5.75 Å². The van der Waals surface area contributed by atoms with E-state index in [0.717, 1.165) is 15.5 Å². The molecule has 0 unspecified atom stereocenters. The summed E-state index contributed by atoms with van der Waals surface area (Å²) in [6, 6.07) is 11.1. The number of aromatic nitrogens is 1. The topological polar surface area (TPSA) is 74.6 Å². The van der Waals surface area contributed by atoms with Crippen LogP contribution < -0.4 is 10.3 Å². The number of methoxy groups -OCH3 is 2. The van der Waals surface area contributed by atoms with E-state index in [2.05, 4.69) is 4.74 Å². The van der Waals surface area contributed by atoms with Gasteiger partial charge in [-0.25, -0.2) is 4.79 Å². The van der Waals surface area contributed by atoms with Gasteiger partial charge in [-0.3, -0.25) is 9.59 Å². The number of rotatable bonds is 3. The van der Waals surface area contributed by atoms with Gasteiger partial charge in [-0.15, -0.1) is 0 Å². The van der Waals surface area contributed by atoms with Crippen LogP contribution in [-0.4, -0.2) is 30.1 Å². The number of hydrogen-bond donors (Lipinski definition) is 0. The summed E-state index contributed by atoms with van der Waals surface area (Å²) >= 11 is 0.988. The largest absolute Gasteiger partial charge is 0.497 e. The molecule has 0 N–H and O–H groups in total. The first-order valence-corrected chi connectivity index (χ1v) is 7.75. The lowest BCUT2D eigenvalue weighted by Gasteiger charge is -2.03. The molecule has 0 fully saturated rings. The Labute approximate surface area is 141 Å². The highest BCUT2D eigenvalue weighted by atomic mass is 32.1. The SMILES string of the molecule is COC(=O)c1ccc2c(=O)n(C(=O)c3cccc(OC)c3)sc2c1. The van der Waals surface area contributed by atoms with E-state index in [0.29, 0.717) is 27.0 Å². The maximum absolute atomic E-state index is 12.6. The molecule has 0 spiro atoms. The fourth-order valence-electron chi connectivity index (χ4n) is 2.28. The molecule has 3 rings (SSSR count). The van der Waals surface area contributed by atoms with Gasteiger partial charge in [0.25, 0.3) is 11.5 Å². The molecule has 7 heteroatoms. The highest BCUT2D eigenvalue weighted by Gasteiger charge is 2.17. The zero-order chi connectivity index (χ0) is 17.3. The fourth-order valence-corrected chi connectivity index (χ4v) is 3.28. The third kappa shape index (κ3) is 2.69. The number of fused-ring (bicyclic) bond motifs is 1. The smallest absolute Gasteiger partial charge is 0.337 e. The summed E-state index contributed by atoms with van der Waals surface area (Å²) in [5.74, 6) is -0.411. The van der Waals surface area contributed by atoms with Gasteiger partial charge < -0.3 is 9.47 Å². The van der Waals surface area contributed by atoms with Crippen LogP contribution in [0.1, 0.15) is 20.7 Å². The highest BCUT2D eigenvalue weighted by molar-refractivity contribution is 7.15. The Morgan fingerprint density at radius 2 is 1.83 bits per heavy atom. The monoisotopic (exact) mass is 343 g/mol. The number of benzene rings is 2. The molecule has 2 aromatic carbocycles. The lowest BCUT2D eigenvalue weighted by Crippen LogP contribution is -2.21. The molecule has 0 bridgehead atoms. The summed E-state index contributed by atoms with van der Waals surface area (Å²) in [7, 11) is 2.79. The molecule has 0 radical (unpaired) electrons. The van der Waals surface area contributed by atoms with E-state index in [4.69, 9.17) is 4.74 Å². The Hall–Kier alpha value is -2.93. The van der Waals surface area contributed by atoms with E-state index in [9.17, 15) is 14.4 Å². The maximum atomic E-state index is 12.6. The summed E-state index contributed by atoms with van der Waals surface area (Å²) in [4.78, 5) is 36.7. The van der Waals surface area contributed by atoms with Gasteiger partial charge >= 0.3 is 5.97 Å². The number of nitrogens with zero attached hydrogens (tertiary/aromatic N) is 1. The van der Waals surface area contributed by atoms with E-state index in [1.807, 2.05) is 0 Å². The molecule has 122 valence electrons. The molecular weight excluding hydrogens is 330 g/mol. The molecule has 0 aliphatic rings. The van der Waals surface area contributed by atoms with Crippen molar-refractivity contribution in [2.75, 3.05) is 14.2 Å². The molecule has 1 aromatic heterocycles. The van der Waals surface area contributed by atoms with Crippen LogP contribution in [0, 0.1) is 0 Å². The van der Waals surface area contributed by atoms with E-state index in [1.54, 1.807) is 30.3 Å². The van der Waals surface area contributed by atoms with Crippen LogP contribution >= 0.6 is 11.5 Å². The van der Waals surface area contributed by atoms with Crippen molar-refractivity contribution in [3.63, 3.8) is 0 Å². The zero-order valence-electron chi connectivity index (χ0n) is 12.9. The summed E-state index contributed by atoms with van der Waals surface area (Å²) in [6.07, 6.45) is 0. The summed E-state index contributed by atoms with van der Waals surface area (Å²) < 4.78 is 11.4. The molecule has 0 aliphatic carbocycles. The third-order valence-electron chi connectivity index (χ3n) is 3.51. The van der Waals surface area contributed by atoms with Gasteiger partial charge in [0.2, 0.25) is 0 Å². The van der Waals surface area contributed by atoms with Gasteiger partial charge in [-0.1, -0.05) is 6.07 Å². The Morgan fingerprint density at radius 1 is 1.04 bits per heavy atom. The van der Waals surface area contributed by atoms with Gasteiger partial charge in [-0.05, 0) is 47.9 Å². The first-order chi connectivity index (χ1) is 11.5. The third-order valence-corrected chi connectivity index (χ3v) is 4.56. The summed E-state index contributed by atoms with van der Waals surface area (Å²) in [6.45, 7) is 0. The first-order valence-electron chi connectivity index (χ1n) is 6.98. The van der Waals surface area contributed by atoms with Gasteiger partial charge in [0.1, 0.15) is 5.75 Å². The molecule has 0 saturated carbocycles. The van der Waals surface area contributed by atoms with Crippen LogP contribution in [0.2, 0.25) is 0 Å². The Bertz CT molecular complexity index is 1000. The van der Waals surface area contributed by atoms with Gasteiger partial charge in [0, 0.05) is 5.56 Å². The van der Waals surface area contributed by atoms with Crippen molar-refractivity contribution in [2.45, 2.75) is 0 Å². The van der Waals surface area contributed by atoms with E-state index < -0.39 is 17.4 Å². The van der Waals surface area contributed by atoms with Gasteiger partial charge in [-0.2, -0.15) is 3.96 Å². The second-order valence-electron chi connectivity index (χ2n) is 4.93.